The molecule has 1 aromatic rings. The van der Waals surface area contributed by atoms with E-state index in [0.29, 0.717) is 13.0 Å². The molecule has 0 fully saturated rings. The fourth-order valence-corrected chi connectivity index (χ4v) is 2.40. The molecule has 7 heteroatoms. The van der Waals surface area contributed by atoms with Crippen LogP contribution in [0.5, 0.6) is 0 Å². The molecule has 0 aliphatic carbocycles. The highest BCUT2D eigenvalue weighted by molar-refractivity contribution is 7.90. The van der Waals surface area contributed by atoms with Crippen molar-refractivity contribution < 1.29 is 13.3 Å². The van der Waals surface area contributed by atoms with Crippen molar-refractivity contribution in [1.29, 1.82) is 0 Å². The zero-order valence-corrected chi connectivity index (χ0v) is 11.5. The van der Waals surface area contributed by atoms with Gasteiger partial charge in [0.1, 0.15) is 10.6 Å². The first-order chi connectivity index (χ1) is 8.88. The fourth-order valence-electron chi connectivity index (χ4n) is 1.54. The molecule has 0 heterocycles. The van der Waals surface area contributed by atoms with Crippen LogP contribution in [0.2, 0.25) is 0 Å². The van der Waals surface area contributed by atoms with Crippen LogP contribution in [0.4, 0.5) is 11.4 Å². The predicted molar refractivity (Wildman–Crippen MR) is 72.8 cm³/mol. The van der Waals surface area contributed by atoms with Crippen molar-refractivity contribution in [2.75, 3.05) is 18.1 Å². The first kappa shape index (κ1) is 15.0. The van der Waals surface area contributed by atoms with Crippen molar-refractivity contribution in [3.05, 3.63) is 28.3 Å². The Morgan fingerprint density at radius 2 is 2.11 bits per heavy atom. The molecule has 0 spiro atoms. The van der Waals surface area contributed by atoms with Gasteiger partial charge in [0.25, 0.3) is 0 Å². The van der Waals surface area contributed by atoms with E-state index < -0.39 is 20.4 Å². The fraction of sp³-hybridized carbons (Fsp3) is 0.333. The first-order valence-electron chi connectivity index (χ1n) is 5.49. The zero-order chi connectivity index (χ0) is 14.5. The highest BCUT2D eigenvalue weighted by Gasteiger charge is 2.25. The third-order valence-electron chi connectivity index (χ3n) is 2.32. The molecule has 0 bridgehead atoms. The number of para-hydroxylation sites is 1. The first-order valence-corrected chi connectivity index (χ1v) is 7.38. The summed E-state index contributed by atoms with van der Waals surface area (Å²) in [4.78, 5) is 10.1. The second-order valence-corrected chi connectivity index (χ2v) is 5.77. The number of hydrogen-bond donors (Lipinski definition) is 1. The van der Waals surface area contributed by atoms with Gasteiger partial charge in [-0.3, -0.25) is 10.1 Å². The molecule has 1 aromatic carbocycles. The van der Waals surface area contributed by atoms with Crippen molar-refractivity contribution in [1.82, 2.24) is 0 Å². The minimum Gasteiger partial charge on any atom is -0.378 e. The average molecular weight is 282 g/mol. The van der Waals surface area contributed by atoms with Gasteiger partial charge in [0.2, 0.25) is 0 Å². The molecule has 0 radical (unpaired) electrons. The molecule has 1 rings (SSSR count). The Bertz CT molecular complexity index is 641. The summed E-state index contributed by atoms with van der Waals surface area (Å²) in [6.07, 6.45) is 1.47. The van der Waals surface area contributed by atoms with Gasteiger partial charge in [-0.1, -0.05) is 6.07 Å². The molecule has 0 aliphatic rings. The van der Waals surface area contributed by atoms with Crippen LogP contribution in [0.3, 0.4) is 0 Å². The van der Waals surface area contributed by atoms with Crippen molar-refractivity contribution in [2.24, 2.45) is 0 Å². The molecule has 102 valence electrons. The van der Waals surface area contributed by atoms with Gasteiger partial charge in [0.15, 0.2) is 9.84 Å². The molecule has 0 atom stereocenters. The standard InChI is InChI=1S/C12H14N2O4S/c1-3-4-5-9-13-10-7-6-8-11(19(2,17)18)12(10)14(15)16/h6-8,13H,5,9H2,1-2H3. The van der Waals surface area contributed by atoms with Crippen LogP contribution < -0.4 is 5.32 Å². The summed E-state index contributed by atoms with van der Waals surface area (Å²) in [6.45, 7) is 2.11. The quantitative estimate of drug-likeness (QED) is 0.385. The summed E-state index contributed by atoms with van der Waals surface area (Å²) in [5, 5.41) is 13.9. The lowest BCUT2D eigenvalue weighted by Gasteiger charge is -2.08. The number of rotatable bonds is 5. The van der Waals surface area contributed by atoms with Gasteiger partial charge >= 0.3 is 5.69 Å². The third kappa shape index (κ3) is 3.96. The Morgan fingerprint density at radius 1 is 1.42 bits per heavy atom. The van der Waals surface area contributed by atoms with Crippen molar-refractivity contribution in [3.63, 3.8) is 0 Å². The van der Waals surface area contributed by atoms with Crippen molar-refractivity contribution in [3.8, 4) is 11.8 Å². The Labute approximate surface area is 111 Å². The smallest absolute Gasteiger partial charge is 0.310 e. The molecule has 0 aromatic heterocycles. The van der Waals surface area contributed by atoms with Crippen LogP contribution in [0.15, 0.2) is 23.1 Å². The lowest BCUT2D eigenvalue weighted by molar-refractivity contribution is -0.386. The summed E-state index contributed by atoms with van der Waals surface area (Å²) in [7, 11) is -3.65. The molecular formula is C12H14N2O4S. The van der Waals surface area contributed by atoms with E-state index in [1.165, 1.54) is 18.2 Å². The highest BCUT2D eigenvalue weighted by atomic mass is 32.2. The van der Waals surface area contributed by atoms with Gasteiger partial charge in [-0.15, -0.1) is 11.8 Å². The van der Waals surface area contributed by atoms with Crippen LogP contribution in [-0.4, -0.2) is 26.1 Å². The number of nitrogens with zero attached hydrogens (tertiary/aromatic N) is 1. The zero-order valence-electron chi connectivity index (χ0n) is 10.6. The van der Waals surface area contributed by atoms with E-state index in [1.807, 2.05) is 0 Å². The van der Waals surface area contributed by atoms with E-state index >= 15 is 0 Å². The molecule has 6 nitrogen and oxygen atoms in total. The summed E-state index contributed by atoms with van der Waals surface area (Å²) >= 11 is 0. The lowest BCUT2D eigenvalue weighted by atomic mass is 10.2. The molecule has 0 saturated carbocycles. The summed E-state index contributed by atoms with van der Waals surface area (Å²) in [5.41, 5.74) is -0.236. The predicted octanol–water partition coefficient (Wildman–Crippen LogP) is 1.82. The molecule has 0 aliphatic heterocycles. The normalized spacial score (nSPS) is 10.4. The van der Waals surface area contributed by atoms with E-state index in [2.05, 4.69) is 17.2 Å². The minimum absolute atomic E-state index is 0.186. The van der Waals surface area contributed by atoms with Crippen LogP contribution in [0.25, 0.3) is 0 Å². The van der Waals surface area contributed by atoms with E-state index in [9.17, 15) is 18.5 Å². The lowest BCUT2D eigenvalue weighted by Crippen LogP contribution is -2.08. The van der Waals surface area contributed by atoms with E-state index in [0.717, 1.165) is 6.26 Å². The maximum absolute atomic E-state index is 11.5. The number of nitro groups is 1. The molecule has 0 unspecified atom stereocenters. The van der Waals surface area contributed by atoms with Crippen molar-refractivity contribution in [2.45, 2.75) is 18.2 Å². The maximum atomic E-state index is 11.5. The average Bonchev–Trinajstić information content (AvgIpc) is 2.33. The van der Waals surface area contributed by atoms with E-state index in [-0.39, 0.29) is 10.6 Å². The van der Waals surface area contributed by atoms with Crippen LogP contribution in [0.1, 0.15) is 13.3 Å². The summed E-state index contributed by atoms with van der Waals surface area (Å²) in [6, 6.07) is 4.17. The maximum Gasteiger partial charge on any atom is 0.310 e. The van der Waals surface area contributed by atoms with Gasteiger partial charge < -0.3 is 5.32 Å². The van der Waals surface area contributed by atoms with Crippen LogP contribution in [0, 0.1) is 22.0 Å². The Morgan fingerprint density at radius 3 is 2.63 bits per heavy atom. The number of sulfone groups is 1. The molecular weight excluding hydrogens is 268 g/mol. The number of hydrogen-bond acceptors (Lipinski definition) is 5. The second kappa shape index (κ2) is 6.20. The second-order valence-electron chi connectivity index (χ2n) is 3.79. The van der Waals surface area contributed by atoms with Gasteiger partial charge in [0.05, 0.1) is 4.92 Å². The third-order valence-corrected chi connectivity index (χ3v) is 3.45. The van der Waals surface area contributed by atoms with Gasteiger partial charge in [-0.25, -0.2) is 8.42 Å². The molecule has 1 N–H and O–H groups in total. The van der Waals surface area contributed by atoms with Crippen LogP contribution in [-0.2, 0) is 9.84 Å². The monoisotopic (exact) mass is 282 g/mol. The SMILES string of the molecule is CC#CCCNc1cccc(S(C)(=O)=O)c1[N+](=O)[O-]. The molecule has 19 heavy (non-hydrogen) atoms. The minimum atomic E-state index is -3.65. The highest BCUT2D eigenvalue weighted by Crippen LogP contribution is 2.31. The Hall–Kier alpha value is -2.07. The summed E-state index contributed by atoms with van der Waals surface area (Å²) < 4.78 is 23.1. The molecule has 0 amide bonds. The molecule has 0 saturated heterocycles. The van der Waals surface area contributed by atoms with Gasteiger partial charge in [-0.05, 0) is 19.1 Å². The Balaban J connectivity index is 3.17. The number of nitro benzene ring substituents is 1. The van der Waals surface area contributed by atoms with Gasteiger partial charge in [0, 0.05) is 19.2 Å². The van der Waals surface area contributed by atoms with Crippen molar-refractivity contribution >= 4 is 21.2 Å². The number of anilines is 1. The Kier molecular flexibility index (Phi) is 4.89. The number of benzene rings is 1. The summed E-state index contributed by atoms with van der Waals surface area (Å²) in [5.74, 6) is 5.52. The largest absolute Gasteiger partial charge is 0.378 e. The van der Waals surface area contributed by atoms with Crippen LogP contribution >= 0.6 is 0 Å². The van der Waals surface area contributed by atoms with E-state index in [1.54, 1.807) is 6.92 Å². The number of nitrogens with one attached hydrogen (secondary N) is 1. The van der Waals surface area contributed by atoms with E-state index in [4.69, 9.17) is 0 Å². The van der Waals surface area contributed by atoms with Gasteiger partial charge in [-0.2, -0.15) is 0 Å². The topological polar surface area (TPSA) is 89.3 Å².